The molecule has 152 valence electrons. The van der Waals surface area contributed by atoms with E-state index in [1.807, 2.05) is 13.0 Å². The maximum Gasteiger partial charge on any atom is 0.336 e. The summed E-state index contributed by atoms with van der Waals surface area (Å²) >= 11 is 0. The van der Waals surface area contributed by atoms with E-state index in [1.54, 1.807) is 6.92 Å². The molecule has 2 unspecified atom stereocenters. The number of rotatable bonds is 13. The van der Waals surface area contributed by atoms with Gasteiger partial charge in [0.05, 0.1) is 6.35 Å². The van der Waals surface area contributed by atoms with E-state index in [-0.39, 0.29) is 12.8 Å². The second-order valence-corrected chi connectivity index (χ2v) is 11.1. The molecule has 0 aromatic heterocycles. The molecule has 0 aliphatic carbocycles. The lowest BCUT2D eigenvalue weighted by molar-refractivity contribution is 0.193. The van der Waals surface area contributed by atoms with E-state index in [0.29, 0.717) is 6.61 Å². The fourth-order valence-corrected chi connectivity index (χ4v) is 5.49. The van der Waals surface area contributed by atoms with Crippen molar-refractivity contribution < 1.29 is 23.7 Å². The molecule has 0 radical (unpaired) electrons. The van der Waals surface area contributed by atoms with E-state index in [1.165, 1.54) is 11.1 Å². The first kappa shape index (κ1) is 25.6. The van der Waals surface area contributed by atoms with E-state index >= 15 is 0 Å². The molecule has 2 atom stereocenters. The Labute approximate surface area is 159 Å². The van der Waals surface area contributed by atoms with Crippen LogP contribution < -0.4 is 0 Å². The Kier molecular flexibility index (Phi) is 13.5. The molecule has 0 saturated carbocycles. The molecule has 0 spiro atoms. The number of hydrogen-bond donors (Lipinski definition) is 2. The first-order valence-electron chi connectivity index (χ1n) is 9.18. The highest BCUT2D eigenvalue weighted by Crippen LogP contribution is 2.55. The largest absolute Gasteiger partial charge is 0.374 e. The lowest BCUT2D eigenvalue weighted by Crippen LogP contribution is -2.05. The van der Waals surface area contributed by atoms with Gasteiger partial charge in [-0.25, -0.2) is 0 Å². The van der Waals surface area contributed by atoms with Crippen LogP contribution in [0.5, 0.6) is 0 Å². The smallest absolute Gasteiger partial charge is 0.336 e. The van der Waals surface area contributed by atoms with Gasteiger partial charge in [-0.05, 0) is 66.7 Å². The van der Waals surface area contributed by atoms with Gasteiger partial charge in [0, 0.05) is 6.61 Å². The number of hydrogen-bond acceptors (Lipinski definition) is 3. The average molecular weight is 406 g/mol. The van der Waals surface area contributed by atoms with Crippen molar-refractivity contribution in [2.75, 3.05) is 13.0 Å². The van der Waals surface area contributed by atoms with Gasteiger partial charge in [-0.15, -0.1) is 0 Å². The standard InChI is InChI=1S/C19H36O5P2/c1-6-24-15-25(20)19(26(21,22)23)14-13-18(5)12-8-11-17(4)10-7-9-16(2)3/h9,11,13,19,25H,6-8,10,12,14-15H2,1-5H3,(H2,21,22,23). The Bertz CT molecular complexity index is 568. The van der Waals surface area contributed by atoms with Gasteiger partial charge in [-0.3, -0.25) is 4.57 Å². The van der Waals surface area contributed by atoms with Gasteiger partial charge in [0.25, 0.3) is 0 Å². The molecule has 0 fully saturated rings. The second kappa shape index (κ2) is 13.7. The van der Waals surface area contributed by atoms with Crippen LogP contribution in [0, 0.1) is 0 Å². The third-order valence-corrected chi connectivity index (χ3v) is 8.40. The van der Waals surface area contributed by atoms with Gasteiger partial charge in [0.1, 0.15) is 13.2 Å². The lowest BCUT2D eigenvalue weighted by Gasteiger charge is -2.17. The van der Waals surface area contributed by atoms with E-state index in [9.17, 15) is 18.9 Å². The Balaban J connectivity index is 4.56. The van der Waals surface area contributed by atoms with Crippen molar-refractivity contribution in [3.63, 3.8) is 0 Å². The highest BCUT2D eigenvalue weighted by molar-refractivity contribution is 7.67. The van der Waals surface area contributed by atoms with Crippen molar-refractivity contribution in [1.29, 1.82) is 0 Å². The van der Waals surface area contributed by atoms with Crippen molar-refractivity contribution in [3.05, 3.63) is 34.9 Å². The highest BCUT2D eigenvalue weighted by Gasteiger charge is 2.33. The SMILES string of the molecule is CCOC[PH](=O)C(CC=C(C)CCC=C(C)CCC=C(C)C)P(=O)(O)O. The van der Waals surface area contributed by atoms with Crippen molar-refractivity contribution in [3.8, 4) is 0 Å². The average Bonchev–Trinajstić information content (AvgIpc) is 2.51. The van der Waals surface area contributed by atoms with Crippen LogP contribution in [0.3, 0.4) is 0 Å². The molecule has 2 N–H and O–H groups in total. The summed E-state index contributed by atoms with van der Waals surface area (Å²) in [4.78, 5) is 18.9. The molecule has 5 nitrogen and oxygen atoms in total. The van der Waals surface area contributed by atoms with Gasteiger partial charge in [0.15, 0.2) is 0 Å². The van der Waals surface area contributed by atoms with Crippen LogP contribution in [0.25, 0.3) is 0 Å². The quantitative estimate of drug-likeness (QED) is 0.296. The lowest BCUT2D eigenvalue weighted by atomic mass is 10.1. The predicted molar refractivity (Wildman–Crippen MR) is 111 cm³/mol. The van der Waals surface area contributed by atoms with Gasteiger partial charge in [0.2, 0.25) is 0 Å². The van der Waals surface area contributed by atoms with Gasteiger partial charge < -0.3 is 19.1 Å². The molecule has 0 rings (SSSR count). The third kappa shape index (κ3) is 12.8. The molecule has 0 saturated heterocycles. The molecule has 0 aliphatic rings. The number of ether oxygens (including phenoxy) is 1. The van der Waals surface area contributed by atoms with Crippen LogP contribution in [-0.2, 0) is 13.9 Å². The Hall–Kier alpha value is -0.440. The molecule has 0 aliphatic heterocycles. The van der Waals surface area contributed by atoms with Crippen molar-refractivity contribution in [2.24, 2.45) is 0 Å². The molecule has 26 heavy (non-hydrogen) atoms. The van der Waals surface area contributed by atoms with E-state index in [4.69, 9.17) is 4.74 Å². The summed E-state index contributed by atoms with van der Waals surface area (Å²) in [5, 5.41) is -1.13. The zero-order valence-corrected chi connectivity index (χ0v) is 18.7. The molecule has 0 aromatic rings. The molecule has 7 heteroatoms. The third-order valence-electron chi connectivity index (χ3n) is 4.04. The van der Waals surface area contributed by atoms with Crippen molar-refractivity contribution in [1.82, 2.24) is 0 Å². The van der Waals surface area contributed by atoms with E-state index in [0.717, 1.165) is 31.3 Å². The molecule has 0 heterocycles. The van der Waals surface area contributed by atoms with Gasteiger partial charge in [-0.1, -0.05) is 34.9 Å². The van der Waals surface area contributed by atoms with Crippen LogP contribution in [0.1, 0.15) is 66.7 Å². The monoisotopic (exact) mass is 406 g/mol. The summed E-state index contributed by atoms with van der Waals surface area (Å²) in [5.41, 5.74) is 3.74. The summed E-state index contributed by atoms with van der Waals surface area (Å²) in [6.45, 7) is 10.4. The fraction of sp³-hybridized carbons (Fsp3) is 0.684. The van der Waals surface area contributed by atoms with Crippen LogP contribution in [0.15, 0.2) is 34.9 Å². The summed E-state index contributed by atoms with van der Waals surface area (Å²) < 4.78 is 28.8. The highest BCUT2D eigenvalue weighted by atomic mass is 31.2. The fourth-order valence-electron chi connectivity index (χ4n) is 2.41. The Morgan fingerprint density at radius 3 is 2.08 bits per heavy atom. The minimum Gasteiger partial charge on any atom is -0.374 e. The topological polar surface area (TPSA) is 83.8 Å². The van der Waals surface area contributed by atoms with E-state index < -0.39 is 20.8 Å². The summed E-state index contributed by atoms with van der Waals surface area (Å²) in [7, 11) is -6.89. The molecule has 0 bridgehead atoms. The van der Waals surface area contributed by atoms with Crippen LogP contribution in [0.4, 0.5) is 0 Å². The van der Waals surface area contributed by atoms with Gasteiger partial charge in [-0.2, -0.15) is 0 Å². The van der Waals surface area contributed by atoms with Crippen LogP contribution in [0.2, 0.25) is 0 Å². The first-order valence-corrected chi connectivity index (χ1v) is 12.6. The van der Waals surface area contributed by atoms with Crippen molar-refractivity contribution >= 4 is 15.4 Å². The predicted octanol–water partition coefficient (Wildman–Crippen LogP) is 5.85. The Morgan fingerprint density at radius 1 is 1.04 bits per heavy atom. The number of allylic oxidation sites excluding steroid dienone is 6. The van der Waals surface area contributed by atoms with Gasteiger partial charge >= 0.3 is 7.60 Å². The molecule has 0 amide bonds. The summed E-state index contributed by atoms with van der Waals surface area (Å²) in [6, 6.07) is 0. The zero-order valence-electron chi connectivity index (χ0n) is 16.8. The van der Waals surface area contributed by atoms with Crippen LogP contribution in [-0.4, -0.2) is 28.1 Å². The minimum atomic E-state index is -4.40. The van der Waals surface area contributed by atoms with Crippen molar-refractivity contribution in [2.45, 2.75) is 72.1 Å². The molecule has 0 aromatic carbocycles. The summed E-state index contributed by atoms with van der Waals surface area (Å²) in [5.74, 6) is 0. The maximum absolute atomic E-state index is 12.1. The molecular weight excluding hydrogens is 370 g/mol. The minimum absolute atomic E-state index is 0.0720. The summed E-state index contributed by atoms with van der Waals surface area (Å²) in [6.07, 6.45) is 10.2. The maximum atomic E-state index is 12.1. The van der Waals surface area contributed by atoms with Crippen LogP contribution >= 0.6 is 15.4 Å². The Morgan fingerprint density at radius 2 is 1.58 bits per heavy atom. The second-order valence-electron chi connectivity index (χ2n) is 6.90. The van der Waals surface area contributed by atoms with E-state index in [2.05, 4.69) is 32.9 Å². The zero-order chi connectivity index (χ0) is 20.2. The molecular formula is C19H36O5P2. The normalized spacial score (nSPS) is 15.7. The first-order chi connectivity index (χ1) is 12.1.